The van der Waals surface area contributed by atoms with Crippen LogP contribution in [0.4, 0.5) is 0 Å². The summed E-state index contributed by atoms with van der Waals surface area (Å²) in [7, 11) is 0. The smallest absolute Gasteiger partial charge is 0.0162 e. The summed E-state index contributed by atoms with van der Waals surface area (Å²) in [6, 6.07) is 9.79. The Kier molecular flexibility index (Phi) is 5.03. The summed E-state index contributed by atoms with van der Waals surface area (Å²) in [4.78, 5) is 0. The zero-order valence-electron chi connectivity index (χ0n) is 14.0. The molecule has 116 valence electrons. The predicted molar refractivity (Wildman–Crippen MR) is 91.8 cm³/mol. The molecular formula is C21H32. The van der Waals surface area contributed by atoms with Crippen molar-refractivity contribution in [2.24, 2.45) is 11.8 Å². The third-order valence-electron chi connectivity index (χ3n) is 6.32. The average molecular weight is 284 g/mol. The van der Waals surface area contributed by atoms with Gasteiger partial charge in [-0.05, 0) is 73.3 Å². The van der Waals surface area contributed by atoms with Crippen molar-refractivity contribution in [2.75, 3.05) is 0 Å². The van der Waals surface area contributed by atoms with Crippen LogP contribution in [0.15, 0.2) is 24.3 Å². The molecule has 1 aromatic rings. The Balaban J connectivity index is 1.59. The van der Waals surface area contributed by atoms with Crippen molar-refractivity contribution in [2.45, 2.75) is 83.5 Å². The van der Waals surface area contributed by atoms with Crippen molar-refractivity contribution in [1.29, 1.82) is 0 Å². The molecule has 3 rings (SSSR count). The monoisotopic (exact) mass is 284 g/mol. The van der Waals surface area contributed by atoms with Gasteiger partial charge in [-0.15, -0.1) is 0 Å². The quantitative estimate of drug-likeness (QED) is 0.582. The third-order valence-corrected chi connectivity index (χ3v) is 6.32. The van der Waals surface area contributed by atoms with E-state index in [0.29, 0.717) is 0 Å². The maximum absolute atomic E-state index is 2.45. The van der Waals surface area contributed by atoms with Gasteiger partial charge in [-0.1, -0.05) is 57.4 Å². The Bertz CT molecular complexity index is 414. The normalized spacial score (nSPS) is 33.8. The lowest BCUT2D eigenvalue weighted by molar-refractivity contribution is 0.318. The van der Waals surface area contributed by atoms with E-state index in [0.717, 1.165) is 23.7 Å². The second-order valence-corrected chi connectivity index (χ2v) is 7.75. The molecule has 2 aliphatic rings. The van der Waals surface area contributed by atoms with Crippen molar-refractivity contribution in [3.63, 3.8) is 0 Å². The molecule has 0 bridgehead atoms. The van der Waals surface area contributed by atoms with Crippen molar-refractivity contribution in [3.8, 4) is 0 Å². The van der Waals surface area contributed by atoms with E-state index in [4.69, 9.17) is 0 Å². The fourth-order valence-corrected chi connectivity index (χ4v) is 4.54. The zero-order valence-corrected chi connectivity index (χ0v) is 14.0. The van der Waals surface area contributed by atoms with Gasteiger partial charge in [0, 0.05) is 0 Å². The summed E-state index contributed by atoms with van der Waals surface area (Å²) in [6.45, 7) is 4.76. The lowest BCUT2D eigenvalue weighted by atomic mass is 9.76. The maximum Gasteiger partial charge on any atom is -0.0162 e. The second-order valence-electron chi connectivity index (χ2n) is 7.75. The van der Waals surface area contributed by atoms with E-state index in [2.05, 4.69) is 38.1 Å². The first-order chi connectivity index (χ1) is 10.3. The highest BCUT2D eigenvalue weighted by Gasteiger charge is 2.22. The summed E-state index contributed by atoms with van der Waals surface area (Å²) in [6.07, 6.45) is 12.8. The van der Waals surface area contributed by atoms with E-state index in [1.807, 2.05) is 0 Å². The summed E-state index contributed by atoms with van der Waals surface area (Å²) >= 11 is 0. The number of rotatable bonds is 3. The Morgan fingerprint density at radius 3 is 1.57 bits per heavy atom. The molecular weight excluding hydrogens is 252 g/mol. The molecule has 2 saturated carbocycles. The maximum atomic E-state index is 2.45. The van der Waals surface area contributed by atoms with Crippen molar-refractivity contribution in [1.82, 2.24) is 0 Å². The van der Waals surface area contributed by atoms with Crippen LogP contribution < -0.4 is 0 Å². The summed E-state index contributed by atoms with van der Waals surface area (Å²) in [5, 5.41) is 0. The number of hydrogen-bond donors (Lipinski definition) is 0. The van der Waals surface area contributed by atoms with Gasteiger partial charge in [-0.2, -0.15) is 0 Å². The van der Waals surface area contributed by atoms with E-state index >= 15 is 0 Å². The number of benzene rings is 1. The molecule has 2 aliphatic carbocycles. The molecule has 21 heavy (non-hydrogen) atoms. The van der Waals surface area contributed by atoms with Gasteiger partial charge < -0.3 is 0 Å². The summed E-state index contributed by atoms with van der Waals surface area (Å²) < 4.78 is 0. The Labute approximate surface area is 131 Å². The van der Waals surface area contributed by atoms with E-state index in [1.165, 1.54) is 57.8 Å². The lowest BCUT2D eigenvalue weighted by Crippen LogP contribution is -2.13. The Hall–Kier alpha value is -0.780. The molecule has 1 aromatic carbocycles. The molecule has 0 nitrogen and oxygen atoms in total. The first kappa shape index (κ1) is 15.1. The fraction of sp³-hybridized carbons (Fsp3) is 0.714. The molecule has 2 fully saturated rings. The van der Waals surface area contributed by atoms with Gasteiger partial charge in [-0.25, -0.2) is 0 Å². The largest absolute Gasteiger partial charge is 0.0651 e. The minimum absolute atomic E-state index is 0.839. The van der Waals surface area contributed by atoms with Gasteiger partial charge in [0.1, 0.15) is 0 Å². The topological polar surface area (TPSA) is 0 Å². The van der Waals surface area contributed by atoms with Gasteiger partial charge in [-0.3, -0.25) is 0 Å². The van der Waals surface area contributed by atoms with Gasteiger partial charge in [0.05, 0.1) is 0 Å². The fourth-order valence-electron chi connectivity index (χ4n) is 4.54. The predicted octanol–water partition coefficient (Wildman–Crippen LogP) is 6.66. The Morgan fingerprint density at radius 1 is 0.714 bits per heavy atom. The molecule has 0 heterocycles. The third kappa shape index (κ3) is 3.71. The Morgan fingerprint density at radius 2 is 1.14 bits per heavy atom. The lowest BCUT2D eigenvalue weighted by Gasteiger charge is -2.29. The van der Waals surface area contributed by atoms with Gasteiger partial charge in [0.15, 0.2) is 0 Å². The van der Waals surface area contributed by atoms with E-state index in [1.54, 1.807) is 11.1 Å². The highest BCUT2D eigenvalue weighted by Crippen LogP contribution is 2.39. The van der Waals surface area contributed by atoms with Crippen LogP contribution in [0.2, 0.25) is 0 Å². The van der Waals surface area contributed by atoms with Crippen LogP contribution in [-0.4, -0.2) is 0 Å². The van der Waals surface area contributed by atoms with E-state index < -0.39 is 0 Å². The van der Waals surface area contributed by atoms with E-state index in [-0.39, 0.29) is 0 Å². The molecule has 0 saturated heterocycles. The van der Waals surface area contributed by atoms with Crippen LogP contribution in [0, 0.1) is 11.8 Å². The van der Waals surface area contributed by atoms with Crippen LogP contribution in [-0.2, 0) is 0 Å². The molecule has 0 atom stereocenters. The van der Waals surface area contributed by atoms with Crippen LogP contribution in [0.1, 0.15) is 94.6 Å². The van der Waals surface area contributed by atoms with Crippen LogP contribution >= 0.6 is 0 Å². The van der Waals surface area contributed by atoms with Gasteiger partial charge >= 0.3 is 0 Å². The molecule has 0 unspecified atom stereocenters. The van der Waals surface area contributed by atoms with Crippen molar-refractivity contribution in [3.05, 3.63) is 35.4 Å². The van der Waals surface area contributed by atoms with Gasteiger partial charge in [0.2, 0.25) is 0 Å². The highest BCUT2D eigenvalue weighted by molar-refractivity contribution is 5.28. The molecule has 0 N–H and O–H groups in total. The molecule has 0 aromatic heterocycles. The molecule has 0 amide bonds. The zero-order chi connectivity index (χ0) is 14.7. The minimum Gasteiger partial charge on any atom is -0.0651 e. The SMILES string of the molecule is CC[C@H]1CC[C@H](c2ccc([C@H]3CC[C@H](C)CC3)cc2)CC1. The molecule has 0 aliphatic heterocycles. The van der Waals surface area contributed by atoms with Crippen LogP contribution in [0.25, 0.3) is 0 Å². The molecule has 0 radical (unpaired) electrons. The van der Waals surface area contributed by atoms with E-state index in [9.17, 15) is 0 Å². The molecule has 0 heteroatoms. The first-order valence-electron chi connectivity index (χ1n) is 9.36. The van der Waals surface area contributed by atoms with Crippen LogP contribution in [0.3, 0.4) is 0 Å². The van der Waals surface area contributed by atoms with Gasteiger partial charge in [0.25, 0.3) is 0 Å². The van der Waals surface area contributed by atoms with Crippen molar-refractivity contribution < 1.29 is 0 Å². The first-order valence-corrected chi connectivity index (χ1v) is 9.36. The van der Waals surface area contributed by atoms with Crippen LogP contribution in [0.5, 0.6) is 0 Å². The highest BCUT2D eigenvalue weighted by atomic mass is 14.3. The van der Waals surface area contributed by atoms with Crippen molar-refractivity contribution >= 4 is 0 Å². The summed E-state index contributed by atoms with van der Waals surface area (Å²) in [5.41, 5.74) is 3.21. The number of hydrogen-bond acceptors (Lipinski definition) is 0. The minimum atomic E-state index is 0.839. The summed E-state index contributed by atoms with van der Waals surface area (Å²) in [5.74, 6) is 3.64. The standard InChI is InChI=1S/C21H32/c1-3-17-6-10-19(11-7-17)21-14-12-20(13-15-21)18-8-4-16(2)5-9-18/h12-19H,3-11H2,1-2H3/t16-,17-,18-,19-. The molecule has 0 spiro atoms. The second kappa shape index (κ2) is 6.99. The average Bonchev–Trinajstić information content (AvgIpc) is 2.56.